The zero-order valence-corrected chi connectivity index (χ0v) is 13.4. The molecule has 1 saturated heterocycles. The molecule has 1 aromatic heterocycles. The van der Waals surface area contributed by atoms with Crippen LogP contribution < -0.4 is 11.3 Å². The van der Waals surface area contributed by atoms with Gasteiger partial charge in [-0.25, -0.2) is 19.2 Å². The lowest BCUT2D eigenvalue weighted by atomic mass is 9.97. The van der Waals surface area contributed by atoms with Crippen molar-refractivity contribution in [1.29, 1.82) is 0 Å². The molecule has 0 saturated carbocycles. The van der Waals surface area contributed by atoms with Crippen molar-refractivity contribution in [3.05, 3.63) is 16.7 Å². The molecule has 1 fully saturated rings. The molecule has 20 heavy (non-hydrogen) atoms. The first-order valence-electron chi connectivity index (χ1n) is 6.11. The molecule has 0 amide bonds. The molecule has 1 unspecified atom stereocenters. The maximum absolute atomic E-state index is 12.7. The van der Waals surface area contributed by atoms with Gasteiger partial charge >= 0.3 is 0 Å². The van der Waals surface area contributed by atoms with E-state index in [1.807, 2.05) is 0 Å². The van der Waals surface area contributed by atoms with E-state index in [2.05, 4.69) is 26.3 Å². The number of rotatable bonds is 3. The summed E-state index contributed by atoms with van der Waals surface area (Å²) in [4.78, 5) is 3.94. The van der Waals surface area contributed by atoms with E-state index in [9.17, 15) is 13.5 Å². The van der Waals surface area contributed by atoms with Crippen molar-refractivity contribution < 1.29 is 13.5 Å². The van der Waals surface area contributed by atoms with Crippen molar-refractivity contribution in [2.24, 2.45) is 5.84 Å². The van der Waals surface area contributed by atoms with Gasteiger partial charge in [-0.1, -0.05) is 0 Å². The van der Waals surface area contributed by atoms with Crippen molar-refractivity contribution in [3.63, 3.8) is 0 Å². The first-order chi connectivity index (χ1) is 9.26. The Bertz CT molecular complexity index is 606. The van der Waals surface area contributed by atoms with Gasteiger partial charge in [0.25, 0.3) is 0 Å². The average Bonchev–Trinajstić information content (AvgIpc) is 2.37. The van der Waals surface area contributed by atoms with Crippen molar-refractivity contribution in [1.82, 2.24) is 9.29 Å². The Balaban J connectivity index is 2.42. The van der Waals surface area contributed by atoms with Gasteiger partial charge in [0.05, 0.1) is 5.60 Å². The van der Waals surface area contributed by atoms with Gasteiger partial charge in [0.2, 0.25) is 10.0 Å². The van der Waals surface area contributed by atoms with E-state index in [0.717, 1.165) is 0 Å². The molecule has 0 aromatic carbocycles. The van der Waals surface area contributed by atoms with Gasteiger partial charge in [0.15, 0.2) is 5.82 Å². The number of hydrogen-bond acceptors (Lipinski definition) is 6. The number of aliphatic hydroxyl groups is 1. The smallest absolute Gasteiger partial charge is 0.246 e. The van der Waals surface area contributed by atoms with Gasteiger partial charge in [-0.2, -0.15) is 4.31 Å². The summed E-state index contributed by atoms with van der Waals surface area (Å²) in [7, 11) is -3.76. The first-order valence-corrected chi connectivity index (χ1v) is 8.34. The topological polar surface area (TPSA) is 109 Å². The van der Waals surface area contributed by atoms with E-state index >= 15 is 0 Å². The molecule has 0 spiro atoms. The van der Waals surface area contributed by atoms with Crippen molar-refractivity contribution in [2.45, 2.75) is 30.3 Å². The number of hydrazine groups is 1. The zero-order chi connectivity index (χ0) is 15.0. The third kappa shape index (κ3) is 3.12. The zero-order valence-electron chi connectivity index (χ0n) is 11.0. The van der Waals surface area contributed by atoms with Crippen LogP contribution in [-0.4, -0.2) is 41.5 Å². The van der Waals surface area contributed by atoms with Crippen LogP contribution in [0, 0.1) is 0 Å². The van der Waals surface area contributed by atoms with Crippen molar-refractivity contribution in [2.75, 3.05) is 18.5 Å². The van der Waals surface area contributed by atoms with E-state index in [1.54, 1.807) is 6.92 Å². The Hall–Kier alpha value is -0.740. The van der Waals surface area contributed by atoms with Gasteiger partial charge in [-0.15, -0.1) is 0 Å². The molecule has 9 heteroatoms. The minimum atomic E-state index is -3.76. The normalized spacial score (nSPS) is 24.6. The molecule has 4 N–H and O–H groups in total. The summed E-state index contributed by atoms with van der Waals surface area (Å²) in [5.74, 6) is 5.40. The number of nitrogens with zero attached hydrogens (tertiary/aromatic N) is 2. The molecule has 112 valence electrons. The SMILES string of the molecule is CC1(O)CCCN(S(=O)(=O)c2cc(Br)cnc2NN)C1. The van der Waals surface area contributed by atoms with Gasteiger partial charge in [-0.05, 0) is 41.8 Å². The number of anilines is 1. The van der Waals surface area contributed by atoms with Crippen LogP contribution in [0.5, 0.6) is 0 Å². The highest BCUT2D eigenvalue weighted by atomic mass is 79.9. The highest BCUT2D eigenvalue weighted by Crippen LogP contribution is 2.29. The molecule has 2 rings (SSSR count). The number of nitrogens with two attached hydrogens (primary N) is 1. The molecule has 0 radical (unpaired) electrons. The second-order valence-electron chi connectivity index (χ2n) is 5.08. The predicted molar refractivity (Wildman–Crippen MR) is 78.4 cm³/mol. The summed E-state index contributed by atoms with van der Waals surface area (Å²) < 4.78 is 27.1. The van der Waals surface area contributed by atoms with Gasteiger partial charge in [0.1, 0.15) is 4.90 Å². The van der Waals surface area contributed by atoms with Gasteiger partial charge in [0, 0.05) is 23.8 Å². The number of pyridine rings is 1. The van der Waals surface area contributed by atoms with E-state index in [1.165, 1.54) is 16.6 Å². The number of nitrogens with one attached hydrogen (secondary N) is 1. The summed E-state index contributed by atoms with van der Waals surface area (Å²) in [6.45, 7) is 2.07. The molecule has 0 bridgehead atoms. The Morgan fingerprint density at radius 3 is 2.90 bits per heavy atom. The number of sulfonamides is 1. The number of halogens is 1. The largest absolute Gasteiger partial charge is 0.389 e. The molecular weight excluding hydrogens is 348 g/mol. The summed E-state index contributed by atoms with van der Waals surface area (Å²) >= 11 is 3.20. The predicted octanol–water partition coefficient (Wildman–Crippen LogP) is 0.665. The van der Waals surface area contributed by atoms with Crippen molar-refractivity contribution >= 4 is 31.8 Å². The van der Waals surface area contributed by atoms with Crippen LogP contribution in [0.15, 0.2) is 21.6 Å². The summed E-state index contributed by atoms with van der Waals surface area (Å²) in [5, 5.41) is 10.1. The lowest BCUT2D eigenvalue weighted by Gasteiger charge is -2.36. The molecular formula is C11H17BrN4O3S. The van der Waals surface area contributed by atoms with Crippen LogP contribution in [0.3, 0.4) is 0 Å². The molecule has 2 heterocycles. The van der Waals surface area contributed by atoms with Crippen LogP contribution in [0.4, 0.5) is 5.82 Å². The number of aromatic nitrogens is 1. The third-order valence-corrected chi connectivity index (χ3v) is 5.51. The van der Waals surface area contributed by atoms with E-state index < -0.39 is 15.6 Å². The molecule has 1 atom stereocenters. The third-order valence-electron chi connectivity index (χ3n) is 3.21. The quantitative estimate of drug-likeness (QED) is 0.537. The Morgan fingerprint density at radius 2 is 2.30 bits per heavy atom. The van der Waals surface area contributed by atoms with E-state index in [0.29, 0.717) is 23.9 Å². The van der Waals surface area contributed by atoms with Crippen LogP contribution in [0.25, 0.3) is 0 Å². The second kappa shape index (κ2) is 5.57. The highest BCUT2D eigenvalue weighted by Gasteiger charge is 2.36. The van der Waals surface area contributed by atoms with Crippen LogP contribution in [0.1, 0.15) is 19.8 Å². The van der Waals surface area contributed by atoms with E-state index in [4.69, 9.17) is 5.84 Å². The summed E-state index contributed by atoms with van der Waals surface area (Å²) in [6, 6.07) is 1.45. The summed E-state index contributed by atoms with van der Waals surface area (Å²) in [5.41, 5.74) is 1.28. The monoisotopic (exact) mass is 364 g/mol. The molecule has 1 aliphatic rings. The van der Waals surface area contributed by atoms with Gasteiger partial charge in [-0.3, -0.25) is 0 Å². The second-order valence-corrected chi connectivity index (χ2v) is 7.91. The Kier molecular flexibility index (Phi) is 4.35. The average molecular weight is 365 g/mol. The van der Waals surface area contributed by atoms with Gasteiger partial charge < -0.3 is 10.5 Å². The van der Waals surface area contributed by atoms with Crippen LogP contribution in [0.2, 0.25) is 0 Å². The minimum absolute atomic E-state index is 0.00734. The van der Waals surface area contributed by atoms with E-state index in [-0.39, 0.29) is 17.3 Å². The molecule has 1 aliphatic heterocycles. The lowest BCUT2D eigenvalue weighted by Crippen LogP contribution is -2.48. The number of hydrogen-bond donors (Lipinski definition) is 3. The standard InChI is InChI=1S/C11H17BrN4O3S/c1-11(17)3-2-4-16(7-11)20(18,19)9-5-8(12)6-14-10(9)15-13/h5-6,17H,2-4,7,13H2,1H3,(H,14,15). The molecule has 7 nitrogen and oxygen atoms in total. The first kappa shape index (κ1) is 15.6. The fourth-order valence-corrected chi connectivity index (χ4v) is 4.45. The fraction of sp³-hybridized carbons (Fsp3) is 0.545. The molecule has 1 aromatic rings. The fourth-order valence-electron chi connectivity index (χ4n) is 2.24. The summed E-state index contributed by atoms with van der Waals surface area (Å²) in [6.07, 6.45) is 2.65. The van der Waals surface area contributed by atoms with Crippen molar-refractivity contribution in [3.8, 4) is 0 Å². The number of piperidine rings is 1. The lowest BCUT2D eigenvalue weighted by molar-refractivity contribution is 0.00940. The number of nitrogen functional groups attached to an aromatic ring is 1. The maximum atomic E-state index is 12.7. The number of β-amino-alcohol motifs (C(OH)–C–C–N with tert-alkyl or cyclic N) is 1. The van der Waals surface area contributed by atoms with Crippen LogP contribution in [-0.2, 0) is 10.0 Å². The Labute approximate surface area is 126 Å². The minimum Gasteiger partial charge on any atom is -0.389 e. The molecule has 0 aliphatic carbocycles. The Morgan fingerprint density at radius 1 is 1.60 bits per heavy atom. The van der Waals surface area contributed by atoms with Crippen LogP contribution >= 0.6 is 15.9 Å². The maximum Gasteiger partial charge on any atom is 0.246 e. The highest BCUT2D eigenvalue weighted by molar-refractivity contribution is 9.10.